The lowest BCUT2D eigenvalue weighted by Crippen LogP contribution is -2.46. The fourth-order valence-electron chi connectivity index (χ4n) is 1.87. The summed E-state index contributed by atoms with van der Waals surface area (Å²) in [5, 5.41) is 14.9. The van der Waals surface area contributed by atoms with E-state index < -0.39 is 30.5 Å². The summed E-state index contributed by atoms with van der Waals surface area (Å²) >= 11 is 0. The van der Waals surface area contributed by atoms with Gasteiger partial charge in [0.05, 0.1) is 18.4 Å². The van der Waals surface area contributed by atoms with Crippen LogP contribution in [-0.2, 0) is 16.1 Å². The average Bonchev–Trinajstić information content (AvgIpc) is 2.72. The number of amides is 1. The Hall–Kier alpha value is -2.06. The third kappa shape index (κ3) is 2.03. The highest BCUT2D eigenvalue weighted by molar-refractivity contribution is 5.84. The van der Waals surface area contributed by atoms with Gasteiger partial charge < -0.3 is 10.0 Å². The quantitative estimate of drug-likeness (QED) is 0.771. The van der Waals surface area contributed by atoms with Gasteiger partial charge in [-0.15, -0.1) is 0 Å². The van der Waals surface area contributed by atoms with Gasteiger partial charge in [-0.25, -0.2) is 0 Å². The molecule has 9 heteroatoms. The van der Waals surface area contributed by atoms with Gasteiger partial charge in [0.25, 0.3) is 0 Å². The van der Waals surface area contributed by atoms with Crippen LogP contribution in [0.2, 0.25) is 0 Å². The van der Waals surface area contributed by atoms with Crippen molar-refractivity contribution in [3.8, 4) is 0 Å². The van der Waals surface area contributed by atoms with Gasteiger partial charge in [-0.2, -0.15) is 18.3 Å². The van der Waals surface area contributed by atoms with Crippen LogP contribution in [0.1, 0.15) is 17.2 Å². The van der Waals surface area contributed by atoms with Crippen LogP contribution in [0.15, 0.2) is 6.20 Å². The van der Waals surface area contributed by atoms with Crippen LogP contribution in [0.3, 0.4) is 0 Å². The number of aromatic amines is 1. The molecule has 1 amide bonds. The molecule has 0 fully saturated rings. The molecule has 1 unspecified atom stereocenters. The number of carboxylic acid groups (broad SMARTS) is 1. The number of halogens is 3. The fourth-order valence-corrected chi connectivity index (χ4v) is 1.87. The molecule has 0 spiro atoms. The third-order valence-electron chi connectivity index (χ3n) is 2.71. The van der Waals surface area contributed by atoms with Gasteiger partial charge in [-0.1, -0.05) is 0 Å². The van der Waals surface area contributed by atoms with E-state index in [4.69, 9.17) is 5.11 Å². The summed E-state index contributed by atoms with van der Waals surface area (Å²) in [4.78, 5) is 22.5. The second-order valence-corrected chi connectivity index (χ2v) is 3.88. The van der Waals surface area contributed by atoms with Gasteiger partial charge in [-0.05, 0) is 0 Å². The summed E-state index contributed by atoms with van der Waals surface area (Å²) in [6.07, 6.45) is -3.76. The number of hydrogen-bond donors (Lipinski definition) is 2. The maximum absolute atomic E-state index is 12.3. The Morgan fingerprint density at radius 3 is 2.72 bits per heavy atom. The number of aliphatic carboxylic acids is 1. The molecule has 0 aromatic carbocycles. The Morgan fingerprint density at radius 1 is 1.50 bits per heavy atom. The Bertz CT molecular complexity index is 497. The van der Waals surface area contributed by atoms with E-state index in [1.54, 1.807) is 0 Å². The molecule has 0 bridgehead atoms. The first-order valence-electron chi connectivity index (χ1n) is 4.91. The van der Waals surface area contributed by atoms with Crippen molar-refractivity contribution >= 4 is 11.9 Å². The van der Waals surface area contributed by atoms with Gasteiger partial charge in [0.2, 0.25) is 0 Å². The van der Waals surface area contributed by atoms with E-state index in [-0.39, 0.29) is 12.2 Å². The van der Waals surface area contributed by atoms with Crippen LogP contribution in [0.25, 0.3) is 0 Å². The summed E-state index contributed by atoms with van der Waals surface area (Å²) in [6, 6.07) is 0. The number of aromatic nitrogens is 2. The van der Waals surface area contributed by atoms with E-state index in [1.807, 2.05) is 0 Å². The van der Waals surface area contributed by atoms with Crippen molar-refractivity contribution in [2.24, 2.45) is 0 Å². The molecular formula is C9H8F3N3O3. The van der Waals surface area contributed by atoms with Crippen molar-refractivity contribution in [2.45, 2.75) is 18.6 Å². The van der Waals surface area contributed by atoms with E-state index in [9.17, 15) is 22.8 Å². The molecule has 1 aliphatic rings. The molecule has 1 aromatic heterocycles. The van der Waals surface area contributed by atoms with Crippen molar-refractivity contribution < 1.29 is 27.9 Å². The molecule has 0 radical (unpaired) electrons. The van der Waals surface area contributed by atoms with Gasteiger partial charge in [-0.3, -0.25) is 14.7 Å². The van der Waals surface area contributed by atoms with Crippen molar-refractivity contribution in [2.75, 3.05) is 6.54 Å². The number of rotatable bonds is 1. The predicted octanol–water partition coefficient (Wildman–Crippen LogP) is 0.482. The third-order valence-corrected chi connectivity index (χ3v) is 2.71. The minimum atomic E-state index is -5.01. The van der Waals surface area contributed by atoms with Crippen LogP contribution in [-0.4, -0.2) is 44.8 Å². The molecule has 6 nitrogen and oxygen atoms in total. The summed E-state index contributed by atoms with van der Waals surface area (Å²) < 4.78 is 36.9. The van der Waals surface area contributed by atoms with Gasteiger partial charge >= 0.3 is 18.1 Å². The SMILES string of the molecule is O=C(O)C1CN(C(=O)C(F)(F)F)Cc2[nH]ncc21. The molecular weight excluding hydrogens is 255 g/mol. The van der Waals surface area contributed by atoms with Crippen LogP contribution < -0.4 is 0 Å². The zero-order valence-corrected chi connectivity index (χ0v) is 8.86. The first kappa shape index (κ1) is 12.4. The number of alkyl halides is 3. The van der Waals surface area contributed by atoms with Crippen LogP contribution >= 0.6 is 0 Å². The van der Waals surface area contributed by atoms with Crippen LogP contribution in [0, 0.1) is 0 Å². The van der Waals surface area contributed by atoms with E-state index in [0.29, 0.717) is 10.5 Å². The lowest BCUT2D eigenvalue weighted by Gasteiger charge is -2.30. The highest BCUT2D eigenvalue weighted by atomic mass is 19.4. The van der Waals surface area contributed by atoms with E-state index in [2.05, 4.69) is 10.2 Å². The van der Waals surface area contributed by atoms with Crippen LogP contribution in [0.4, 0.5) is 13.2 Å². The smallest absolute Gasteiger partial charge is 0.471 e. The Kier molecular flexibility index (Phi) is 2.76. The van der Waals surface area contributed by atoms with Crippen LogP contribution in [0.5, 0.6) is 0 Å². The number of nitrogens with zero attached hydrogens (tertiary/aromatic N) is 2. The molecule has 1 aliphatic heterocycles. The Labute approximate surface area is 98.4 Å². The molecule has 2 rings (SSSR count). The van der Waals surface area contributed by atoms with Gasteiger partial charge in [0.15, 0.2) is 0 Å². The molecule has 1 aromatic rings. The second-order valence-electron chi connectivity index (χ2n) is 3.88. The molecule has 0 saturated carbocycles. The lowest BCUT2D eigenvalue weighted by atomic mass is 9.95. The summed E-state index contributed by atoms with van der Waals surface area (Å²) in [5.74, 6) is -4.54. The number of H-pyrrole nitrogens is 1. The fraction of sp³-hybridized carbons (Fsp3) is 0.444. The first-order valence-corrected chi connectivity index (χ1v) is 4.91. The average molecular weight is 263 g/mol. The Morgan fingerprint density at radius 2 is 2.17 bits per heavy atom. The molecule has 18 heavy (non-hydrogen) atoms. The second kappa shape index (κ2) is 4.00. The largest absolute Gasteiger partial charge is 0.481 e. The molecule has 0 aliphatic carbocycles. The maximum atomic E-state index is 12.3. The normalized spacial score (nSPS) is 19.5. The van der Waals surface area contributed by atoms with Crippen molar-refractivity contribution in [1.29, 1.82) is 0 Å². The van der Waals surface area contributed by atoms with Gasteiger partial charge in [0, 0.05) is 12.1 Å². The maximum Gasteiger partial charge on any atom is 0.471 e. The molecule has 98 valence electrons. The number of fused-ring (bicyclic) bond motifs is 1. The number of carboxylic acids is 1. The zero-order valence-electron chi connectivity index (χ0n) is 8.86. The highest BCUT2D eigenvalue weighted by Gasteiger charge is 2.45. The minimum Gasteiger partial charge on any atom is -0.481 e. The summed E-state index contributed by atoms with van der Waals surface area (Å²) in [7, 11) is 0. The molecule has 1 atom stereocenters. The van der Waals surface area contributed by atoms with Gasteiger partial charge in [0.1, 0.15) is 5.92 Å². The number of carbonyl (C=O) groups is 2. The monoisotopic (exact) mass is 263 g/mol. The lowest BCUT2D eigenvalue weighted by molar-refractivity contribution is -0.187. The van der Waals surface area contributed by atoms with E-state index in [0.717, 1.165) is 0 Å². The Balaban J connectivity index is 2.30. The molecule has 2 heterocycles. The highest BCUT2D eigenvalue weighted by Crippen LogP contribution is 2.30. The topological polar surface area (TPSA) is 86.3 Å². The number of carbonyl (C=O) groups excluding carboxylic acids is 1. The number of nitrogens with one attached hydrogen (secondary N) is 1. The molecule has 2 N–H and O–H groups in total. The summed E-state index contributed by atoms with van der Waals surface area (Å²) in [6.45, 7) is -0.836. The molecule has 0 saturated heterocycles. The summed E-state index contributed by atoms with van der Waals surface area (Å²) in [5.41, 5.74) is 0.528. The zero-order chi connectivity index (χ0) is 13.5. The van der Waals surface area contributed by atoms with E-state index in [1.165, 1.54) is 6.20 Å². The van der Waals surface area contributed by atoms with Crippen molar-refractivity contribution in [3.05, 3.63) is 17.5 Å². The first-order chi connectivity index (χ1) is 8.30. The van der Waals surface area contributed by atoms with Crippen molar-refractivity contribution in [3.63, 3.8) is 0 Å². The number of hydrogen-bond acceptors (Lipinski definition) is 3. The minimum absolute atomic E-state index is 0.214. The predicted molar refractivity (Wildman–Crippen MR) is 50.4 cm³/mol. The van der Waals surface area contributed by atoms with Crippen molar-refractivity contribution in [1.82, 2.24) is 15.1 Å². The standard InChI is InChI=1S/C9H8F3N3O3/c10-9(11,12)8(18)15-2-5(7(16)17)4-1-13-14-6(4)3-15/h1,5H,2-3H2,(H,13,14)(H,16,17). The van der Waals surface area contributed by atoms with E-state index >= 15 is 0 Å².